The lowest BCUT2D eigenvalue weighted by Gasteiger charge is -2.37. The first-order valence-electron chi connectivity index (χ1n) is 22.1. The second-order valence-corrected chi connectivity index (χ2v) is 18.4. The normalized spacial score (nSPS) is 20.0. The molecule has 19 heteroatoms. The SMILES string of the molecule is CCn1c(-c2cccnc2[C@H](C)OC)c2c3cc(ccc31)-c1cc(O)cc(c1)C[C@H](NC(=O)[C@H](C(C)C)N(C)C(=O)[C@H]1CCNC1)C(=O)N1CCC[C@H](N1)C(=O)OCC(C)(C)C2.S.S.S.S.S. The molecule has 6 bridgehead atoms. The fourth-order valence-electron chi connectivity index (χ4n) is 9.54. The predicted octanol–water partition coefficient (Wildman–Crippen LogP) is 6.11. The van der Waals surface area contributed by atoms with Crippen LogP contribution in [0.15, 0.2) is 54.7 Å². The number of carbonyl (C=O) groups excluding carboxylic acids is 4. The number of cyclic esters (lactones) is 1. The van der Waals surface area contributed by atoms with Crippen LogP contribution in [0, 0.1) is 17.3 Å². The van der Waals surface area contributed by atoms with Gasteiger partial charge >= 0.3 is 5.97 Å². The van der Waals surface area contributed by atoms with Gasteiger partial charge in [0.05, 0.1) is 30.0 Å². The summed E-state index contributed by atoms with van der Waals surface area (Å²) >= 11 is 0. The summed E-state index contributed by atoms with van der Waals surface area (Å²) in [4.78, 5) is 62.7. The number of carbonyl (C=O) groups is 4. The van der Waals surface area contributed by atoms with E-state index < -0.39 is 41.3 Å². The van der Waals surface area contributed by atoms with Crippen molar-refractivity contribution in [1.29, 1.82) is 0 Å². The van der Waals surface area contributed by atoms with Crippen molar-refractivity contribution in [3.8, 4) is 28.1 Å². The predicted molar refractivity (Wildman–Crippen MR) is 290 cm³/mol. The minimum Gasteiger partial charge on any atom is -0.508 e. The number of hydrogen-bond acceptors (Lipinski definition) is 10. The van der Waals surface area contributed by atoms with Crippen LogP contribution in [0.4, 0.5) is 0 Å². The maximum Gasteiger partial charge on any atom is 0.324 e. The van der Waals surface area contributed by atoms with Gasteiger partial charge in [-0.3, -0.25) is 29.2 Å². The third-order valence-corrected chi connectivity index (χ3v) is 12.8. The van der Waals surface area contributed by atoms with Crippen LogP contribution in [0.1, 0.15) is 83.7 Å². The van der Waals surface area contributed by atoms with E-state index in [0.29, 0.717) is 50.9 Å². The zero-order chi connectivity index (χ0) is 44.5. The van der Waals surface area contributed by atoms with E-state index in [9.17, 15) is 24.3 Å². The number of aromatic hydroxyl groups is 1. The second kappa shape index (κ2) is 25.3. The summed E-state index contributed by atoms with van der Waals surface area (Å²) < 4.78 is 14.2. The Morgan fingerprint density at radius 1 is 1.03 bits per heavy atom. The van der Waals surface area contributed by atoms with Crippen LogP contribution >= 0.6 is 67.5 Å². The molecule has 0 spiro atoms. The highest BCUT2D eigenvalue weighted by molar-refractivity contribution is 7.60. The molecule has 2 saturated heterocycles. The molecule has 3 aliphatic heterocycles. The van der Waals surface area contributed by atoms with Crippen LogP contribution in [0.5, 0.6) is 5.75 Å². The number of hydrazine groups is 1. The van der Waals surface area contributed by atoms with E-state index in [1.165, 1.54) is 9.91 Å². The van der Waals surface area contributed by atoms with E-state index >= 15 is 0 Å². The first kappa shape index (κ1) is 59.6. The molecule has 0 aliphatic carbocycles. The Morgan fingerprint density at radius 2 is 1.76 bits per heavy atom. The Kier molecular flexibility index (Phi) is 22.5. The summed E-state index contributed by atoms with van der Waals surface area (Å²) in [5.41, 5.74) is 9.72. The zero-order valence-corrected chi connectivity index (χ0v) is 44.9. The summed E-state index contributed by atoms with van der Waals surface area (Å²) in [6, 6.07) is 12.8. The van der Waals surface area contributed by atoms with Crippen molar-refractivity contribution in [3.63, 3.8) is 0 Å². The molecule has 5 atom stereocenters. The molecule has 2 aromatic carbocycles. The molecule has 3 aliphatic rings. The Labute approximate surface area is 430 Å². The van der Waals surface area contributed by atoms with E-state index in [1.807, 2.05) is 39.0 Å². The van der Waals surface area contributed by atoms with Gasteiger partial charge in [0.15, 0.2) is 0 Å². The van der Waals surface area contributed by atoms with E-state index in [0.717, 1.165) is 51.1 Å². The lowest BCUT2D eigenvalue weighted by atomic mass is 9.84. The van der Waals surface area contributed by atoms with Gasteiger partial charge < -0.3 is 34.7 Å². The highest BCUT2D eigenvalue weighted by atomic mass is 32.1. The number of nitrogens with zero attached hydrogens (tertiary/aromatic N) is 4. The fourth-order valence-corrected chi connectivity index (χ4v) is 9.54. The number of pyridine rings is 1. The van der Waals surface area contributed by atoms with Crippen LogP contribution in [-0.2, 0) is 48.0 Å². The highest BCUT2D eigenvalue weighted by Crippen LogP contribution is 2.42. The number of likely N-dealkylation sites (N-methyl/N-ethyl adjacent to an activating group) is 1. The molecule has 3 amide bonds. The number of amides is 3. The molecular weight excluding hydrogens is 947 g/mol. The average Bonchev–Trinajstić information content (AvgIpc) is 3.90. The van der Waals surface area contributed by atoms with Crippen LogP contribution in [0.25, 0.3) is 33.3 Å². The van der Waals surface area contributed by atoms with Crippen molar-refractivity contribution in [2.75, 3.05) is 40.4 Å². The summed E-state index contributed by atoms with van der Waals surface area (Å²) in [5.74, 6) is -1.94. The summed E-state index contributed by atoms with van der Waals surface area (Å²) in [6.07, 6.45) is 3.80. The second-order valence-electron chi connectivity index (χ2n) is 18.4. The number of hydrogen-bond donors (Lipinski definition) is 4. The number of aromatic nitrogens is 2. The number of methoxy groups -OCH3 is 1. The molecule has 372 valence electrons. The zero-order valence-electron chi connectivity index (χ0n) is 39.9. The molecular formula is C48H73N7O7S5. The van der Waals surface area contributed by atoms with Gasteiger partial charge in [-0.2, -0.15) is 67.5 Å². The van der Waals surface area contributed by atoms with Crippen molar-refractivity contribution >= 4 is 102 Å². The van der Waals surface area contributed by atoms with Gasteiger partial charge in [0.25, 0.3) is 5.91 Å². The van der Waals surface area contributed by atoms with Crippen molar-refractivity contribution in [2.24, 2.45) is 17.3 Å². The number of phenols is 1. The fraction of sp³-hybridized carbons (Fsp3) is 0.521. The van der Waals surface area contributed by atoms with Gasteiger partial charge in [0.1, 0.15) is 23.9 Å². The quantitative estimate of drug-likeness (QED) is 0.144. The van der Waals surface area contributed by atoms with Gasteiger partial charge in [-0.05, 0) is 111 Å². The van der Waals surface area contributed by atoms with E-state index in [1.54, 1.807) is 32.5 Å². The average molecular weight is 1020 g/mol. The van der Waals surface area contributed by atoms with Crippen molar-refractivity contribution in [1.82, 2.24) is 35.5 Å². The van der Waals surface area contributed by atoms with Gasteiger partial charge in [-0.25, -0.2) is 5.43 Å². The largest absolute Gasteiger partial charge is 0.508 e. The maximum absolute atomic E-state index is 14.6. The Hall–Kier alpha value is -3.56. The molecule has 0 saturated carbocycles. The van der Waals surface area contributed by atoms with Crippen molar-refractivity contribution < 1.29 is 33.8 Å². The minimum absolute atomic E-state index is 0. The van der Waals surface area contributed by atoms with Crippen LogP contribution in [0.3, 0.4) is 0 Å². The Morgan fingerprint density at radius 3 is 2.42 bits per heavy atom. The van der Waals surface area contributed by atoms with Gasteiger partial charge in [-0.1, -0.05) is 39.8 Å². The molecule has 14 nitrogen and oxygen atoms in total. The van der Waals surface area contributed by atoms with Crippen LogP contribution in [-0.4, -0.2) is 107 Å². The molecule has 67 heavy (non-hydrogen) atoms. The molecule has 5 heterocycles. The molecule has 0 radical (unpaired) electrons. The first-order chi connectivity index (χ1) is 29.6. The van der Waals surface area contributed by atoms with Gasteiger partial charge in [0, 0.05) is 68.3 Å². The van der Waals surface area contributed by atoms with Crippen molar-refractivity contribution in [2.45, 2.75) is 104 Å². The van der Waals surface area contributed by atoms with Crippen LogP contribution < -0.4 is 16.1 Å². The Balaban J connectivity index is 0.00000308. The molecule has 4 aromatic rings. The smallest absolute Gasteiger partial charge is 0.324 e. The van der Waals surface area contributed by atoms with Gasteiger partial charge in [0.2, 0.25) is 11.8 Å². The van der Waals surface area contributed by atoms with Crippen LogP contribution in [0.2, 0.25) is 0 Å². The van der Waals surface area contributed by atoms with E-state index in [4.69, 9.17) is 14.5 Å². The number of phenolic OH excluding ortho intramolecular Hbond substituents is 1. The maximum atomic E-state index is 14.6. The molecule has 2 fully saturated rings. The molecule has 0 unspecified atom stereocenters. The highest BCUT2D eigenvalue weighted by Gasteiger charge is 2.39. The molecule has 2 aromatic heterocycles. The number of esters is 1. The number of aryl methyl sites for hydroxylation is 1. The van der Waals surface area contributed by atoms with E-state index in [2.05, 4.69) is 59.6 Å². The number of ether oxygens (including phenoxy) is 2. The first-order valence-corrected chi connectivity index (χ1v) is 22.1. The topological polar surface area (TPSA) is 167 Å². The van der Waals surface area contributed by atoms with Crippen molar-refractivity contribution in [3.05, 3.63) is 71.5 Å². The van der Waals surface area contributed by atoms with Gasteiger partial charge in [-0.15, -0.1) is 0 Å². The molecule has 7 rings (SSSR count). The lowest BCUT2D eigenvalue weighted by Crippen LogP contribution is -2.62. The monoisotopic (exact) mass is 1020 g/mol. The number of nitrogens with one attached hydrogen (secondary N) is 3. The minimum atomic E-state index is -1.10. The summed E-state index contributed by atoms with van der Waals surface area (Å²) in [7, 11) is 3.33. The summed E-state index contributed by atoms with van der Waals surface area (Å²) in [5, 5.41) is 20.0. The number of rotatable bonds is 9. The third-order valence-electron chi connectivity index (χ3n) is 12.8. The van der Waals surface area contributed by atoms with E-state index in [-0.39, 0.29) is 110 Å². The standard InChI is InChI=1S/C48H63N7O7.5H2S/c1-9-54-40-15-14-31-24-36(40)37(43(54)35-12-10-17-50-41(35)29(4)61-8)25-48(5,6)27-62-47(60)38-13-11-19-55(52-38)46(59)39(22-30-20-33(31)23-34(56)21-30)51-44(57)42(28(2)3)53(7)45(58)32-16-18-49-26-32;;;;;/h10,12,14-15,17,20-21,23-24,28-29,32,38-39,42,49,52,56H,9,11,13,16,18-19,22,25-27H2,1-8H3,(H,51,57);5*1H2/t29-,32-,38-,39-,42-;;;;;/m0...../s1. The number of benzene rings is 2. The lowest BCUT2D eigenvalue weighted by molar-refractivity contribution is -0.155. The third kappa shape index (κ3) is 13.0. The number of fused-ring (bicyclic) bond motifs is 6. The molecule has 4 N–H and O–H groups in total. The Bertz CT molecular complexity index is 2340. The summed E-state index contributed by atoms with van der Waals surface area (Å²) in [6.45, 7) is 14.4.